The maximum atomic E-state index is 12.0. The van der Waals surface area contributed by atoms with Crippen molar-refractivity contribution < 1.29 is 18.7 Å². The molecule has 1 fully saturated rings. The zero-order valence-corrected chi connectivity index (χ0v) is 14.9. The molecular weight excluding hydrogens is 336 g/mol. The van der Waals surface area contributed by atoms with E-state index in [9.17, 15) is 14.4 Å². The highest BCUT2D eigenvalue weighted by atomic mass is 16.5. The highest BCUT2D eigenvalue weighted by molar-refractivity contribution is 5.80. The summed E-state index contributed by atoms with van der Waals surface area (Å²) < 4.78 is 11.5. The molecule has 0 aliphatic heterocycles. The van der Waals surface area contributed by atoms with Crippen LogP contribution in [0, 0.1) is 5.92 Å². The van der Waals surface area contributed by atoms with Gasteiger partial charge in [-0.05, 0) is 30.9 Å². The van der Waals surface area contributed by atoms with Gasteiger partial charge in [0.15, 0.2) is 12.2 Å². The van der Waals surface area contributed by atoms with Gasteiger partial charge in [0.05, 0.1) is 11.9 Å². The number of esters is 1. The van der Waals surface area contributed by atoms with Crippen molar-refractivity contribution in [2.45, 2.75) is 51.6 Å². The van der Waals surface area contributed by atoms with Gasteiger partial charge in [-0.3, -0.25) is 14.2 Å². The summed E-state index contributed by atoms with van der Waals surface area (Å²) in [7, 11) is 0. The van der Waals surface area contributed by atoms with Gasteiger partial charge >= 0.3 is 11.7 Å². The van der Waals surface area contributed by atoms with Crippen LogP contribution < -0.4 is 11.1 Å². The molecular formula is C19H24N2O5. The molecule has 140 valence electrons. The molecule has 0 spiro atoms. The third kappa shape index (κ3) is 4.33. The molecule has 0 radical (unpaired) electrons. The summed E-state index contributed by atoms with van der Waals surface area (Å²) in [6, 6.07) is 7.18. The van der Waals surface area contributed by atoms with Crippen LogP contribution in [0.25, 0.3) is 11.1 Å². The van der Waals surface area contributed by atoms with Gasteiger partial charge in [0.2, 0.25) is 0 Å². The van der Waals surface area contributed by atoms with Gasteiger partial charge in [-0.15, -0.1) is 0 Å². The molecule has 7 nitrogen and oxygen atoms in total. The topological polar surface area (TPSA) is 90.5 Å². The number of rotatable bonds is 6. The van der Waals surface area contributed by atoms with E-state index in [-0.39, 0.29) is 31.5 Å². The fourth-order valence-electron chi connectivity index (χ4n) is 3.43. The normalized spacial score (nSPS) is 20.0. The number of oxazole rings is 1. The first-order valence-corrected chi connectivity index (χ1v) is 9.08. The second-order valence-electron chi connectivity index (χ2n) is 6.83. The molecule has 2 atom stereocenters. The third-order valence-corrected chi connectivity index (χ3v) is 4.94. The van der Waals surface area contributed by atoms with Crippen LogP contribution in [0.15, 0.2) is 33.5 Å². The summed E-state index contributed by atoms with van der Waals surface area (Å²) >= 11 is 0. The van der Waals surface area contributed by atoms with E-state index in [1.165, 1.54) is 11.0 Å². The van der Waals surface area contributed by atoms with Gasteiger partial charge in [0, 0.05) is 12.6 Å². The van der Waals surface area contributed by atoms with Crippen molar-refractivity contribution in [2.75, 3.05) is 6.61 Å². The summed E-state index contributed by atoms with van der Waals surface area (Å²) in [4.78, 5) is 35.7. The standard InChI is InChI=1S/C19H24N2O5/c1-13-6-2-3-7-14(13)20-17(22)12-25-18(23)10-11-21-15-8-4-5-9-16(15)26-19(21)24/h4-5,8-9,13-14H,2-3,6-7,10-12H2,1H3,(H,20,22). The zero-order chi connectivity index (χ0) is 18.5. The van der Waals surface area contributed by atoms with Gasteiger partial charge in [0.25, 0.3) is 5.91 Å². The first-order valence-electron chi connectivity index (χ1n) is 9.08. The highest BCUT2D eigenvalue weighted by Crippen LogP contribution is 2.23. The molecule has 1 aliphatic carbocycles. The fraction of sp³-hybridized carbons (Fsp3) is 0.526. The van der Waals surface area contributed by atoms with E-state index in [1.807, 2.05) is 0 Å². The van der Waals surface area contributed by atoms with Crippen molar-refractivity contribution in [3.8, 4) is 0 Å². The number of benzene rings is 1. The molecule has 26 heavy (non-hydrogen) atoms. The number of hydrogen-bond acceptors (Lipinski definition) is 5. The Hall–Kier alpha value is -2.57. The molecule has 1 saturated carbocycles. The van der Waals surface area contributed by atoms with E-state index in [0.29, 0.717) is 17.0 Å². The lowest BCUT2D eigenvalue weighted by Crippen LogP contribution is -2.42. The van der Waals surface area contributed by atoms with Gasteiger partial charge in [-0.25, -0.2) is 4.79 Å². The number of carbonyl (C=O) groups excluding carboxylic acids is 2. The number of nitrogens with zero attached hydrogens (tertiary/aromatic N) is 1. The number of amides is 1. The van der Waals surface area contributed by atoms with Gasteiger partial charge < -0.3 is 14.5 Å². The van der Waals surface area contributed by atoms with Crippen molar-refractivity contribution in [3.63, 3.8) is 0 Å². The van der Waals surface area contributed by atoms with Crippen molar-refractivity contribution >= 4 is 23.0 Å². The van der Waals surface area contributed by atoms with Crippen molar-refractivity contribution in [2.24, 2.45) is 5.92 Å². The number of aryl methyl sites for hydroxylation is 1. The van der Waals surface area contributed by atoms with Gasteiger partial charge in [-0.1, -0.05) is 31.9 Å². The van der Waals surface area contributed by atoms with E-state index < -0.39 is 11.7 Å². The Balaban J connectivity index is 1.46. The van der Waals surface area contributed by atoms with E-state index in [4.69, 9.17) is 9.15 Å². The Labute approximate surface area is 151 Å². The SMILES string of the molecule is CC1CCCCC1NC(=O)COC(=O)CCn1c(=O)oc2ccccc21. The number of hydrogen-bond donors (Lipinski definition) is 1. The summed E-state index contributed by atoms with van der Waals surface area (Å²) in [6.45, 7) is 1.99. The Morgan fingerprint density at radius 1 is 1.27 bits per heavy atom. The Bertz CT molecular complexity index is 838. The average Bonchev–Trinajstić information content (AvgIpc) is 2.95. The van der Waals surface area contributed by atoms with E-state index >= 15 is 0 Å². The molecule has 1 aromatic heterocycles. The fourth-order valence-corrected chi connectivity index (χ4v) is 3.43. The van der Waals surface area contributed by atoms with Crippen molar-refractivity contribution in [1.82, 2.24) is 9.88 Å². The monoisotopic (exact) mass is 360 g/mol. The van der Waals surface area contributed by atoms with Crippen LogP contribution in [0.5, 0.6) is 0 Å². The van der Waals surface area contributed by atoms with Gasteiger partial charge in [0.1, 0.15) is 0 Å². The third-order valence-electron chi connectivity index (χ3n) is 4.94. The lowest BCUT2D eigenvalue weighted by Gasteiger charge is -2.29. The van der Waals surface area contributed by atoms with E-state index in [0.717, 1.165) is 19.3 Å². The van der Waals surface area contributed by atoms with E-state index in [1.54, 1.807) is 24.3 Å². The van der Waals surface area contributed by atoms with Crippen molar-refractivity contribution in [1.29, 1.82) is 0 Å². The van der Waals surface area contributed by atoms with Crippen LogP contribution in [0.2, 0.25) is 0 Å². The summed E-state index contributed by atoms with van der Waals surface area (Å²) in [5.74, 6) is -0.857. The molecule has 1 aliphatic rings. The van der Waals surface area contributed by atoms with Crippen molar-refractivity contribution in [3.05, 3.63) is 34.8 Å². The molecule has 1 heterocycles. The largest absolute Gasteiger partial charge is 0.456 e. The lowest BCUT2D eigenvalue weighted by molar-refractivity contribution is -0.149. The first kappa shape index (κ1) is 18.2. The number of ether oxygens (including phenoxy) is 1. The number of fused-ring (bicyclic) bond motifs is 1. The molecule has 2 unspecified atom stereocenters. The minimum Gasteiger partial charge on any atom is -0.456 e. The minimum atomic E-state index is -0.519. The molecule has 2 aromatic rings. The second kappa shape index (κ2) is 8.21. The van der Waals surface area contributed by atoms with Crippen LogP contribution in [-0.4, -0.2) is 29.1 Å². The van der Waals surface area contributed by atoms with Crippen LogP contribution in [0.4, 0.5) is 0 Å². The zero-order valence-electron chi connectivity index (χ0n) is 14.9. The summed E-state index contributed by atoms with van der Waals surface area (Å²) in [6.07, 6.45) is 4.39. The molecule has 7 heteroatoms. The maximum Gasteiger partial charge on any atom is 0.419 e. The number of para-hydroxylation sites is 2. The van der Waals surface area contributed by atoms with Gasteiger partial charge in [-0.2, -0.15) is 0 Å². The highest BCUT2D eigenvalue weighted by Gasteiger charge is 2.23. The van der Waals surface area contributed by atoms with Crippen LogP contribution >= 0.6 is 0 Å². The van der Waals surface area contributed by atoms with Crippen LogP contribution in [0.1, 0.15) is 39.0 Å². The molecule has 0 bridgehead atoms. The molecule has 1 aromatic carbocycles. The predicted molar refractivity (Wildman–Crippen MR) is 95.6 cm³/mol. The maximum absolute atomic E-state index is 12.0. The number of carbonyl (C=O) groups is 2. The quantitative estimate of drug-likeness (QED) is 0.798. The molecule has 1 N–H and O–H groups in total. The van der Waals surface area contributed by atoms with Crippen LogP contribution in [-0.2, 0) is 20.9 Å². The number of nitrogens with one attached hydrogen (secondary N) is 1. The van der Waals surface area contributed by atoms with E-state index in [2.05, 4.69) is 12.2 Å². The Morgan fingerprint density at radius 3 is 2.85 bits per heavy atom. The minimum absolute atomic E-state index is 0.00343. The van der Waals surface area contributed by atoms with Crippen LogP contribution in [0.3, 0.4) is 0 Å². The smallest absolute Gasteiger partial charge is 0.419 e. The Morgan fingerprint density at radius 2 is 2.04 bits per heavy atom. The molecule has 1 amide bonds. The number of aromatic nitrogens is 1. The Kier molecular flexibility index (Phi) is 5.75. The average molecular weight is 360 g/mol. The second-order valence-corrected chi connectivity index (χ2v) is 6.83. The summed E-state index contributed by atoms with van der Waals surface area (Å²) in [5, 5.41) is 2.94. The molecule has 0 saturated heterocycles. The first-order chi connectivity index (χ1) is 12.5. The molecule has 3 rings (SSSR count). The lowest BCUT2D eigenvalue weighted by atomic mass is 9.86. The predicted octanol–water partition coefficient (Wildman–Crippen LogP) is 2.22. The summed E-state index contributed by atoms with van der Waals surface area (Å²) in [5.41, 5.74) is 1.11.